The Hall–Kier alpha value is -1.14. The van der Waals surface area contributed by atoms with Crippen LogP contribution in [-0.2, 0) is 14.3 Å². The molecule has 6 heteroatoms. The van der Waals surface area contributed by atoms with Gasteiger partial charge in [-0.15, -0.1) is 0 Å². The van der Waals surface area contributed by atoms with Crippen molar-refractivity contribution in [3.05, 3.63) is 0 Å². The van der Waals surface area contributed by atoms with Crippen LogP contribution in [0, 0.1) is 11.8 Å². The van der Waals surface area contributed by atoms with Gasteiger partial charge >= 0.3 is 0 Å². The third kappa shape index (κ3) is 4.23. The third-order valence-electron chi connectivity index (χ3n) is 5.45. The number of piperidine rings is 1. The van der Waals surface area contributed by atoms with E-state index >= 15 is 0 Å². The zero-order chi connectivity index (χ0) is 16.2. The number of ether oxygens (including phenoxy) is 1. The fraction of sp³-hybridized carbons (Fsp3) is 0.882. The quantitative estimate of drug-likeness (QED) is 0.753. The maximum absolute atomic E-state index is 12.6. The van der Waals surface area contributed by atoms with Crippen molar-refractivity contribution in [2.45, 2.75) is 26.2 Å². The summed E-state index contributed by atoms with van der Waals surface area (Å²) in [6, 6.07) is 0. The van der Waals surface area contributed by atoms with Crippen LogP contribution in [0.1, 0.15) is 26.2 Å². The lowest BCUT2D eigenvalue weighted by atomic mass is 9.97. The predicted octanol–water partition coefficient (Wildman–Crippen LogP) is 0.426. The first-order valence-corrected chi connectivity index (χ1v) is 9.00. The second-order valence-electron chi connectivity index (χ2n) is 7.20. The molecule has 0 N–H and O–H groups in total. The molecule has 1 unspecified atom stereocenters. The molecule has 0 aromatic carbocycles. The van der Waals surface area contributed by atoms with E-state index in [0.717, 1.165) is 65.3 Å². The number of hydrogen-bond donors (Lipinski definition) is 0. The highest BCUT2D eigenvalue weighted by atomic mass is 16.5. The lowest BCUT2D eigenvalue weighted by molar-refractivity contribution is -0.137. The average Bonchev–Trinajstić information content (AvgIpc) is 2.95. The minimum Gasteiger partial charge on any atom is -0.379 e. The second kappa shape index (κ2) is 7.62. The molecule has 23 heavy (non-hydrogen) atoms. The molecule has 3 fully saturated rings. The fourth-order valence-electron chi connectivity index (χ4n) is 3.73. The first-order valence-electron chi connectivity index (χ1n) is 9.00. The minimum absolute atomic E-state index is 0.124. The van der Waals surface area contributed by atoms with Crippen LogP contribution < -0.4 is 0 Å². The number of likely N-dealkylation sites (tertiary alicyclic amines) is 2. The first kappa shape index (κ1) is 16.7. The topological polar surface area (TPSA) is 53.1 Å². The van der Waals surface area contributed by atoms with Crippen molar-refractivity contribution in [2.24, 2.45) is 11.8 Å². The van der Waals surface area contributed by atoms with E-state index in [9.17, 15) is 9.59 Å². The zero-order valence-electron chi connectivity index (χ0n) is 14.2. The van der Waals surface area contributed by atoms with E-state index in [1.54, 1.807) is 0 Å². The summed E-state index contributed by atoms with van der Waals surface area (Å²) in [6.07, 6.45) is 2.58. The Kier molecular flexibility index (Phi) is 5.54. The van der Waals surface area contributed by atoms with Crippen LogP contribution in [0.15, 0.2) is 0 Å². The molecule has 0 radical (unpaired) electrons. The Balaban J connectivity index is 1.45. The largest absolute Gasteiger partial charge is 0.379 e. The molecule has 3 aliphatic heterocycles. The number of hydrogen-bond acceptors (Lipinski definition) is 4. The van der Waals surface area contributed by atoms with E-state index in [-0.39, 0.29) is 17.7 Å². The number of amides is 2. The number of carbonyl (C=O) groups excluding carboxylic acids is 2. The van der Waals surface area contributed by atoms with Crippen LogP contribution in [0.25, 0.3) is 0 Å². The summed E-state index contributed by atoms with van der Waals surface area (Å²) in [4.78, 5) is 31.0. The molecule has 3 saturated heterocycles. The number of morpholine rings is 1. The zero-order valence-corrected chi connectivity index (χ0v) is 14.2. The molecule has 0 aromatic heterocycles. The summed E-state index contributed by atoms with van der Waals surface area (Å²) in [5.74, 6) is 0.927. The summed E-state index contributed by atoms with van der Waals surface area (Å²) in [7, 11) is 0. The average molecular weight is 323 g/mol. The molecule has 1 atom stereocenters. The second-order valence-corrected chi connectivity index (χ2v) is 7.20. The highest BCUT2D eigenvalue weighted by molar-refractivity contribution is 5.89. The van der Waals surface area contributed by atoms with Gasteiger partial charge in [0.15, 0.2) is 0 Å². The molecule has 2 amide bonds. The Labute approximate surface area is 138 Å². The van der Waals surface area contributed by atoms with E-state index < -0.39 is 0 Å². The lowest BCUT2D eigenvalue weighted by Gasteiger charge is -2.32. The summed E-state index contributed by atoms with van der Waals surface area (Å²) in [5.41, 5.74) is 0. The van der Waals surface area contributed by atoms with Gasteiger partial charge in [0.2, 0.25) is 11.8 Å². The van der Waals surface area contributed by atoms with Crippen LogP contribution in [0.3, 0.4) is 0 Å². The number of rotatable bonds is 4. The number of nitrogens with zero attached hydrogens (tertiary/aromatic N) is 3. The smallest absolute Gasteiger partial charge is 0.227 e. The Morgan fingerprint density at radius 3 is 2.52 bits per heavy atom. The van der Waals surface area contributed by atoms with E-state index in [4.69, 9.17) is 4.74 Å². The van der Waals surface area contributed by atoms with Gasteiger partial charge in [-0.05, 0) is 18.8 Å². The van der Waals surface area contributed by atoms with Crippen molar-refractivity contribution in [3.8, 4) is 0 Å². The SMILES string of the molecule is CC1CCN(C(=O)C2CC(=O)N(CCN3CCOCC3)C2)CC1. The van der Waals surface area contributed by atoms with E-state index in [2.05, 4.69) is 11.8 Å². The molecular weight excluding hydrogens is 294 g/mol. The highest BCUT2D eigenvalue weighted by Gasteiger charge is 2.37. The standard InChI is InChI=1S/C17H29N3O3/c1-14-2-4-19(5-3-14)17(22)15-12-16(21)20(13-15)7-6-18-8-10-23-11-9-18/h14-15H,2-13H2,1H3. The minimum atomic E-state index is -0.124. The summed E-state index contributed by atoms with van der Waals surface area (Å²) in [6.45, 7) is 9.63. The van der Waals surface area contributed by atoms with E-state index in [1.165, 1.54) is 0 Å². The van der Waals surface area contributed by atoms with Crippen LogP contribution >= 0.6 is 0 Å². The van der Waals surface area contributed by atoms with Crippen LogP contribution in [-0.4, -0.2) is 85.5 Å². The molecule has 0 aliphatic carbocycles. The molecule has 0 saturated carbocycles. The van der Waals surface area contributed by atoms with Gasteiger partial charge in [-0.25, -0.2) is 0 Å². The predicted molar refractivity (Wildman–Crippen MR) is 86.9 cm³/mol. The summed E-state index contributed by atoms with van der Waals surface area (Å²) in [5, 5.41) is 0. The monoisotopic (exact) mass is 323 g/mol. The maximum atomic E-state index is 12.6. The fourth-order valence-corrected chi connectivity index (χ4v) is 3.73. The van der Waals surface area contributed by atoms with Crippen LogP contribution in [0.5, 0.6) is 0 Å². The highest BCUT2D eigenvalue weighted by Crippen LogP contribution is 2.23. The van der Waals surface area contributed by atoms with Gasteiger partial charge in [-0.2, -0.15) is 0 Å². The van der Waals surface area contributed by atoms with Crippen molar-refractivity contribution in [2.75, 3.05) is 59.0 Å². The van der Waals surface area contributed by atoms with Gasteiger partial charge in [-0.1, -0.05) is 6.92 Å². The van der Waals surface area contributed by atoms with Crippen LogP contribution in [0.4, 0.5) is 0 Å². The van der Waals surface area contributed by atoms with Gasteiger partial charge in [0.1, 0.15) is 0 Å². The van der Waals surface area contributed by atoms with Crippen molar-refractivity contribution >= 4 is 11.8 Å². The van der Waals surface area contributed by atoms with Gasteiger partial charge < -0.3 is 14.5 Å². The summed E-state index contributed by atoms with van der Waals surface area (Å²) >= 11 is 0. The van der Waals surface area contributed by atoms with E-state index in [0.29, 0.717) is 18.9 Å². The molecule has 130 valence electrons. The lowest BCUT2D eigenvalue weighted by Crippen LogP contribution is -2.43. The molecule has 0 aromatic rings. The van der Waals surface area contributed by atoms with Gasteiger partial charge in [0.05, 0.1) is 19.1 Å². The molecular formula is C17H29N3O3. The Morgan fingerprint density at radius 2 is 1.83 bits per heavy atom. The molecule has 3 aliphatic rings. The Morgan fingerprint density at radius 1 is 1.13 bits per heavy atom. The molecule has 6 nitrogen and oxygen atoms in total. The van der Waals surface area contributed by atoms with Gasteiger partial charge in [-0.3, -0.25) is 14.5 Å². The van der Waals surface area contributed by atoms with Crippen molar-refractivity contribution < 1.29 is 14.3 Å². The molecule has 3 heterocycles. The van der Waals surface area contributed by atoms with Crippen molar-refractivity contribution in [1.82, 2.24) is 14.7 Å². The Bertz CT molecular complexity index is 429. The molecule has 0 spiro atoms. The normalized spacial score (nSPS) is 27.7. The first-order chi connectivity index (χ1) is 11.1. The van der Waals surface area contributed by atoms with Crippen molar-refractivity contribution in [1.29, 1.82) is 0 Å². The third-order valence-corrected chi connectivity index (χ3v) is 5.45. The van der Waals surface area contributed by atoms with Crippen LogP contribution in [0.2, 0.25) is 0 Å². The molecule has 3 rings (SSSR count). The van der Waals surface area contributed by atoms with Crippen molar-refractivity contribution in [3.63, 3.8) is 0 Å². The van der Waals surface area contributed by atoms with E-state index in [1.807, 2.05) is 9.80 Å². The van der Waals surface area contributed by atoms with Gasteiger partial charge in [0, 0.05) is 52.2 Å². The number of carbonyl (C=O) groups is 2. The summed E-state index contributed by atoms with van der Waals surface area (Å²) < 4.78 is 5.34. The maximum Gasteiger partial charge on any atom is 0.227 e. The van der Waals surface area contributed by atoms with Gasteiger partial charge in [0.25, 0.3) is 0 Å². The molecule has 0 bridgehead atoms.